The Morgan fingerprint density at radius 3 is 2.20 bits per heavy atom. The third-order valence-corrected chi connectivity index (χ3v) is 23.0. The van der Waals surface area contributed by atoms with E-state index in [0.29, 0.717) is 62.2 Å². The summed E-state index contributed by atoms with van der Waals surface area (Å²) in [6, 6.07) is 7.15. The second-order valence-corrected chi connectivity index (χ2v) is 27.0. The molecule has 9 heteroatoms. The van der Waals surface area contributed by atoms with E-state index in [0.717, 1.165) is 103 Å². The lowest BCUT2D eigenvalue weighted by atomic mass is 9.33. The van der Waals surface area contributed by atoms with Gasteiger partial charge in [-0.3, -0.25) is 9.59 Å². The zero-order valence-electron chi connectivity index (χ0n) is 44.2. The van der Waals surface area contributed by atoms with Crippen LogP contribution < -0.4 is 0 Å². The van der Waals surface area contributed by atoms with Gasteiger partial charge in [0.1, 0.15) is 18.2 Å². The van der Waals surface area contributed by atoms with Crippen LogP contribution in [0.5, 0.6) is 0 Å². The number of nitrogens with zero attached hydrogens (tertiary/aromatic N) is 1. The normalized spacial score (nSPS) is 39.5. The summed E-state index contributed by atoms with van der Waals surface area (Å²) in [6.45, 7) is 17.8. The van der Waals surface area contributed by atoms with E-state index >= 15 is 4.79 Å². The number of aldehydes is 1. The van der Waals surface area contributed by atoms with Gasteiger partial charge < -0.3 is 34.0 Å². The zero-order chi connectivity index (χ0) is 49.6. The Bertz CT molecular complexity index is 2620. The number of aromatic amines is 1. The number of H-pyrrole nitrogens is 1. The van der Waals surface area contributed by atoms with Gasteiger partial charge in [0.25, 0.3) is 0 Å². The van der Waals surface area contributed by atoms with Gasteiger partial charge in [-0.15, -0.1) is 0 Å². The Hall–Kier alpha value is -3.37. The number of benzene rings is 1. The predicted molar refractivity (Wildman–Crippen MR) is 276 cm³/mol. The fourth-order valence-corrected chi connectivity index (χ4v) is 19.1. The van der Waals surface area contributed by atoms with Crippen LogP contribution in [0.1, 0.15) is 210 Å². The molecule has 12 rings (SSSR count). The molecule has 12 atom stereocenters. The van der Waals surface area contributed by atoms with Crippen molar-refractivity contribution in [2.45, 2.75) is 219 Å². The third kappa shape index (κ3) is 7.20. The largest absolute Gasteiger partial charge is 0.392 e. The Morgan fingerprint density at radius 2 is 1.52 bits per heavy atom. The lowest BCUT2D eigenvalue weighted by Crippen LogP contribution is -2.68. The van der Waals surface area contributed by atoms with Crippen molar-refractivity contribution < 1.29 is 34.1 Å². The summed E-state index contributed by atoms with van der Waals surface area (Å²) in [5, 5.41) is 26.1. The number of rotatable bonds is 9. The van der Waals surface area contributed by atoms with Crippen LogP contribution >= 0.6 is 0 Å². The van der Waals surface area contributed by atoms with Gasteiger partial charge >= 0.3 is 0 Å². The molecule has 5 heterocycles. The first-order valence-corrected chi connectivity index (χ1v) is 28.6. The van der Waals surface area contributed by atoms with E-state index in [1.165, 1.54) is 56.1 Å². The number of aliphatic hydroxyl groups is 2. The number of ether oxygens (including phenoxy) is 2. The third-order valence-electron chi connectivity index (χ3n) is 23.0. The number of aromatic nitrogens is 2. The van der Waals surface area contributed by atoms with E-state index in [2.05, 4.69) is 74.8 Å². The molecule has 9 nitrogen and oxygen atoms in total. The SMILES string of the molecule is CC1(C)O[C@@H]1[C@H](O)C[C@]1(C)CCc2c[nH]c3c([C@H](C=O)c4cc(C5CCCCC5)cc(C5CCOCC5)c4)cn(c23)C[C@@H]2C3=C1C(=O)C[C@]3(C)[C@@]1(C)CC[C@@H]3[C@@](C)(CCC(=O)[C@@]3(C)C3CCCC3)[C@H]1[C@@H]2O. The molecule has 0 amide bonds. The summed E-state index contributed by atoms with van der Waals surface area (Å²) < 4.78 is 14.3. The van der Waals surface area contributed by atoms with Crippen LogP contribution in [0.15, 0.2) is 41.7 Å². The maximum atomic E-state index is 15.5. The van der Waals surface area contributed by atoms with Gasteiger partial charge in [0.15, 0.2) is 5.78 Å². The van der Waals surface area contributed by atoms with E-state index in [1.807, 2.05) is 13.8 Å². The van der Waals surface area contributed by atoms with E-state index in [9.17, 15) is 19.8 Å². The summed E-state index contributed by atoms with van der Waals surface area (Å²) in [7, 11) is 0. The molecule has 0 radical (unpaired) electrons. The number of Topliss-reactive ketones (excluding diaryl/α,β-unsaturated/α-hetero) is 2. The quantitative estimate of drug-likeness (QED) is 0.144. The van der Waals surface area contributed by atoms with E-state index in [1.54, 1.807) is 0 Å². The number of fused-ring (bicyclic) bond motifs is 4. The van der Waals surface area contributed by atoms with Crippen LogP contribution in [-0.4, -0.2) is 74.7 Å². The molecular weight excluding hydrogens is 885 g/mol. The van der Waals surface area contributed by atoms with Crippen LogP contribution in [0.2, 0.25) is 0 Å². The van der Waals surface area contributed by atoms with Gasteiger partial charge in [0.05, 0.1) is 34.8 Å². The predicted octanol–water partition coefficient (Wildman–Crippen LogP) is 12.0. The molecule has 0 unspecified atom stereocenters. The molecule has 9 aliphatic rings. The molecule has 384 valence electrons. The first-order valence-electron chi connectivity index (χ1n) is 28.6. The average molecular weight is 969 g/mol. The highest BCUT2D eigenvalue weighted by molar-refractivity contribution is 6.02. The summed E-state index contributed by atoms with van der Waals surface area (Å²) in [5.41, 5.74) is 7.05. The average Bonchev–Trinajstić information content (AvgIpc) is 3.91. The van der Waals surface area contributed by atoms with Crippen LogP contribution in [-0.2, 0) is 36.8 Å². The van der Waals surface area contributed by atoms with Gasteiger partial charge in [0.2, 0.25) is 0 Å². The molecule has 5 saturated carbocycles. The molecule has 6 aliphatic carbocycles. The van der Waals surface area contributed by atoms with Crippen LogP contribution in [0.4, 0.5) is 0 Å². The number of carbonyl (C=O) groups is 3. The fourth-order valence-electron chi connectivity index (χ4n) is 19.1. The van der Waals surface area contributed by atoms with Crippen molar-refractivity contribution in [3.63, 3.8) is 0 Å². The fraction of sp³-hybridized carbons (Fsp3) is 0.726. The first kappa shape index (κ1) is 48.6. The van der Waals surface area contributed by atoms with E-state index < -0.39 is 51.3 Å². The van der Waals surface area contributed by atoms with Crippen LogP contribution in [0.3, 0.4) is 0 Å². The van der Waals surface area contributed by atoms with Crippen molar-refractivity contribution in [1.82, 2.24) is 9.55 Å². The topological polar surface area (TPSA) is 134 Å². The number of epoxide rings is 1. The maximum Gasteiger partial charge on any atom is 0.160 e. The summed E-state index contributed by atoms with van der Waals surface area (Å²) in [5.74, 6) is 0.978. The second kappa shape index (κ2) is 17.1. The lowest BCUT2D eigenvalue weighted by molar-refractivity contribution is -0.227. The molecule has 1 aromatic carbocycles. The number of nitrogens with one attached hydrogen (secondary N) is 1. The van der Waals surface area contributed by atoms with Gasteiger partial charge in [-0.05, 0) is 165 Å². The number of carbonyl (C=O) groups excluding carboxylic acids is 3. The minimum absolute atomic E-state index is 0.140. The molecule has 0 bridgehead atoms. The Kier molecular flexibility index (Phi) is 11.7. The molecule has 2 aromatic heterocycles. The van der Waals surface area contributed by atoms with Gasteiger partial charge in [-0.2, -0.15) is 0 Å². The number of ketones is 2. The number of hydrogen-bond acceptors (Lipinski definition) is 7. The zero-order valence-corrected chi connectivity index (χ0v) is 44.2. The number of aliphatic hydroxyl groups excluding tert-OH is 2. The molecular formula is C62H84N2O7. The molecule has 2 saturated heterocycles. The van der Waals surface area contributed by atoms with Crippen molar-refractivity contribution in [2.24, 2.45) is 50.7 Å². The molecule has 3 aliphatic heterocycles. The summed E-state index contributed by atoms with van der Waals surface area (Å²) in [6.07, 6.45) is 21.6. The van der Waals surface area contributed by atoms with E-state index in [4.69, 9.17) is 9.47 Å². The standard InChI is InChI=1S/C62H84N2O7/c1-57(2)56(71-57)47(67)30-58(3)22-17-38-32-63-52-43(45(35-65)41-28-39(36-13-9-8-10-14-36)27-40(29-41)37-20-25-70-26-21-37)33-64(53(38)52)34-44-50-51(58)46(66)31-61(50,6)60(5)24-18-48-59(4,55(60)54(44)69)23-19-49(68)62(48,7)42-15-11-12-16-42/h27-29,32-33,35-37,42,44-45,47-48,54-56,63,67,69H,8-26,30-31,34H2,1-7H3/t44-,45-,47-,48-,54-,55-,56-,58+,59-,60+,61+,62+/m1/s1. The summed E-state index contributed by atoms with van der Waals surface area (Å²) >= 11 is 0. The minimum atomic E-state index is -0.781. The number of aryl methyl sites for hydroxylation is 1. The maximum absolute atomic E-state index is 15.5. The highest BCUT2D eigenvalue weighted by Crippen LogP contribution is 2.76. The van der Waals surface area contributed by atoms with Gasteiger partial charge in [-0.1, -0.05) is 84.9 Å². The Morgan fingerprint density at radius 1 is 0.845 bits per heavy atom. The molecule has 3 N–H and O–H groups in total. The lowest BCUT2D eigenvalue weighted by Gasteiger charge is -2.70. The van der Waals surface area contributed by atoms with Crippen molar-refractivity contribution in [1.29, 1.82) is 0 Å². The Labute approximate surface area is 423 Å². The highest BCUT2D eigenvalue weighted by Gasteiger charge is 2.73. The van der Waals surface area contributed by atoms with Gasteiger partial charge in [0, 0.05) is 72.9 Å². The summed E-state index contributed by atoms with van der Waals surface area (Å²) in [4.78, 5) is 47.8. The van der Waals surface area contributed by atoms with Crippen LogP contribution in [0, 0.1) is 50.7 Å². The van der Waals surface area contributed by atoms with Crippen molar-refractivity contribution in [2.75, 3.05) is 13.2 Å². The monoisotopic (exact) mass is 969 g/mol. The van der Waals surface area contributed by atoms with Crippen molar-refractivity contribution in [3.05, 3.63) is 69.6 Å². The molecule has 3 aromatic rings. The first-order chi connectivity index (χ1) is 33.9. The molecule has 0 spiro atoms. The highest BCUT2D eigenvalue weighted by atomic mass is 16.6. The molecule has 7 fully saturated rings. The van der Waals surface area contributed by atoms with Crippen molar-refractivity contribution >= 4 is 28.9 Å². The number of allylic oxidation sites excluding steroid dienone is 1. The van der Waals surface area contributed by atoms with E-state index in [-0.39, 0.29) is 29.1 Å². The smallest absolute Gasteiger partial charge is 0.160 e. The van der Waals surface area contributed by atoms with Crippen LogP contribution in [0.25, 0.3) is 11.0 Å². The van der Waals surface area contributed by atoms with Gasteiger partial charge in [-0.25, -0.2) is 0 Å². The molecule has 71 heavy (non-hydrogen) atoms. The van der Waals surface area contributed by atoms with Crippen molar-refractivity contribution in [3.8, 4) is 0 Å². The minimum Gasteiger partial charge on any atom is -0.392 e. The Balaban J connectivity index is 1.02. The number of hydrogen-bond donors (Lipinski definition) is 3. The second-order valence-electron chi connectivity index (χ2n) is 27.0.